The Morgan fingerprint density at radius 1 is 1.34 bits per heavy atom. The maximum absolute atomic E-state index is 12.7. The lowest BCUT2D eigenvalue weighted by Gasteiger charge is -2.30. The van der Waals surface area contributed by atoms with E-state index in [4.69, 9.17) is 30.3 Å². The highest BCUT2D eigenvalue weighted by molar-refractivity contribution is 6.32. The number of rotatable bonds is 7. The molecule has 0 N–H and O–H groups in total. The van der Waals surface area contributed by atoms with Crippen LogP contribution in [-0.2, 0) is 16.1 Å². The van der Waals surface area contributed by atoms with Gasteiger partial charge >= 0.3 is 5.97 Å². The largest absolute Gasteiger partial charge is 0.497 e. The van der Waals surface area contributed by atoms with Crippen LogP contribution in [0.4, 0.5) is 0 Å². The molecule has 1 fully saturated rings. The monoisotopic (exact) mass is 422 g/mol. The predicted molar refractivity (Wildman–Crippen MR) is 104 cm³/mol. The molecule has 3 rings (SSSR count). The van der Waals surface area contributed by atoms with Crippen LogP contribution in [0, 0.1) is 5.92 Å². The molecule has 0 bridgehead atoms. The van der Waals surface area contributed by atoms with Gasteiger partial charge in [0.1, 0.15) is 18.1 Å². The number of carbonyl (C=O) groups excluding carboxylic acids is 2. The van der Waals surface area contributed by atoms with Crippen LogP contribution in [0.1, 0.15) is 36.0 Å². The zero-order chi connectivity index (χ0) is 20.8. The second-order valence-corrected chi connectivity index (χ2v) is 7.01. The maximum atomic E-state index is 12.7. The van der Waals surface area contributed by atoms with Crippen molar-refractivity contribution >= 4 is 23.5 Å². The average Bonchev–Trinajstić information content (AvgIpc) is 3.21. The number of hydrogen-bond acceptors (Lipinski definition) is 7. The summed E-state index contributed by atoms with van der Waals surface area (Å²) in [5.41, 5.74) is 0.175. The summed E-state index contributed by atoms with van der Waals surface area (Å²) in [5.74, 6) is 0.619. The van der Waals surface area contributed by atoms with Crippen molar-refractivity contribution in [1.82, 2.24) is 10.1 Å². The number of piperidine rings is 1. The summed E-state index contributed by atoms with van der Waals surface area (Å²) >= 11 is 6.14. The number of carbonyl (C=O) groups is 2. The Morgan fingerprint density at radius 3 is 2.90 bits per heavy atom. The number of likely N-dealkylation sites (tertiary alicyclic amines) is 1. The molecule has 0 spiro atoms. The number of halogens is 1. The lowest BCUT2D eigenvalue weighted by Crippen LogP contribution is -2.42. The third-order valence-corrected chi connectivity index (χ3v) is 4.91. The Bertz CT molecular complexity index is 868. The van der Waals surface area contributed by atoms with Gasteiger partial charge in [-0.05, 0) is 31.9 Å². The van der Waals surface area contributed by atoms with Crippen molar-refractivity contribution in [3.8, 4) is 11.5 Å². The van der Waals surface area contributed by atoms with Crippen molar-refractivity contribution in [2.24, 2.45) is 5.92 Å². The zero-order valence-corrected chi connectivity index (χ0v) is 17.1. The SMILES string of the molecule is CCOC(=O)[C@H]1CCCN(C(=O)c2cc(COc3ccc(OC)cc3Cl)on2)C1. The second-order valence-electron chi connectivity index (χ2n) is 6.61. The number of ether oxygens (including phenoxy) is 3. The van der Waals surface area contributed by atoms with Crippen molar-refractivity contribution in [1.29, 1.82) is 0 Å². The van der Waals surface area contributed by atoms with Gasteiger partial charge < -0.3 is 23.6 Å². The standard InChI is InChI=1S/C20H23ClN2O6/c1-3-27-20(25)13-5-4-8-23(11-13)19(24)17-10-15(29-22-17)12-28-18-7-6-14(26-2)9-16(18)21/h6-7,9-10,13H,3-5,8,11-12H2,1-2H3/t13-/m0/s1. The van der Waals surface area contributed by atoms with Crippen LogP contribution in [0.3, 0.4) is 0 Å². The molecule has 1 atom stereocenters. The highest BCUT2D eigenvalue weighted by Gasteiger charge is 2.31. The second kappa shape index (κ2) is 9.65. The van der Waals surface area contributed by atoms with Gasteiger partial charge in [0.05, 0.1) is 24.7 Å². The molecule has 9 heteroatoms. The first-order valence-corrected chi connectivity index (χ1v) is 9.77. The van der Waals surface area contributed by atoms with Crippen molar-refractivity contribution in [2.75, 3.05) is 26.8 Å². The minimum Gasteiger partial charge on any atom is -0.497 e. The molecule has 1 aliphatic rings. The summed E-state index contributed by atoms with van der Waals surface area (Å²) in [6, 6.07) is 6.59. The maximum Gasteiger partial charge on any atom is 0.310 e. The third-order valence-electron chi connectivity index (χ3n) is 4.62. The molecule has 0 aliphatic carbocycles. The average molecular weight is 423 g/mol. The van der Waals surface area contributed by atoms with Crippen LogP contribution in [0.2, 0.25) is 5.02 Å². The molecule has 0 saturated carbocycles. The summed E-state index contributed by atoms with van der Waals surface area (Å²) < 4.78 is 21.0. The molecule has 156 valence electrons. The Hall–Kier alpha value is -2.74. The topological polar surface area (TPSA) is 91.1 Å². The molecule has 29 heavy (non-hydrogen) atoms. The molecule has 1 saturated heterocycles. The smallest absolute Gasteiger partial charge is 0.310 e. The van der Waals surface area contributed by atoms with Gasteiger partial charge in [0.25, 0.3) is 5.91 Å². The zero-order valence-electron chi connectivity index (χ0n) is 16.4. The quantitative estimate of drug-likeness (QED) is 0.632. The molecule has 2 aromatic rings. The van der Waals surface area contributed by atoms with Crippen LogP contribution in [0.5, 0.6) is 11.5 Å². The minimum atomic E-state index is -0.306. The van der Waals surface area contributed by atoms with E-state index in [0.717, 1.165) is 6.42 Å². The van der Waals surface area contributed by atoms with E-state index in [-0.39, 0.29) is 30.1 Å². The first-order valence-electron chi connectivity index (χ1n) is 9.39. The minimum absolute atomic E-state index is 0.0672. The summed E-state index contributed by atoms with van der Waals surface area (Å²) in [6.45, 7) is 3.04. The fourth-order valence-electron chi connectivity index (χ4n) is 3.13. The lowest BCUT2D eigenvalue weighted by atomic mass is 9.98. The predicted octanol–water partition coefficient (Wildman–Crippen LogP) is 3.33. The number of benzene rings is 1. The molecule has 2 heterocycles. The molecular weight excluding hydrogens is 400 g/mol. The van der Waals surface area contributed by atoms with E-state index in [9.17, 15) is 9.59 Å². The van der Waals surface area contributed by atoms with E-state index in [1.165, 1.54) is 6.07 Å². The van der Waals surface area contributed by atoms with Crippen molar-refractivity contribution < 1.29 is 28.3 Å². The van der Waals surface area contributed by atoms with Crippen molar-refractivity contribution in [3.63, 3.8) is 0 Å². The first-order chi connectivity index (χ1) is 14.0. The number of esters is 1. The van der Waals surface area contributed by atoms with Crippen molar-refractivity contribution in [3.05, 3.63) is 40.7 Å². The Kier molecular flexibility index (Phi) is 6.98. The normalized spacial score (nSPS) is 16.4. The Balaban J connectivity index is 1.59. The van der Waals surface area contributed by atoms with Gasteiger partial charge in [0.15, 0.2) is 11.5 Å². The van der Waals surface area contributed by atoms with Crippen LogP contribution in [0.15, 0.2) is 28.8 Å². The summed E-state index contributed by atoms with van der Waals surface area (Å²) in [7, 11) is 1.55. The molecule has 1 aliphatic heterocycles. The van der Waals surface area contributed by atoms with Gasteiger partial charge in [-0.15, -0.1) is 0 Å². The van der Waals surface area contributed by atoms with E-state index in [0.29, 0.717) is 48.4 Å². The summed E-state index contributed by atoms with van der Waals surface area (Å²) in [4.78, 5) is 26.3. The molecule has 1 aromatic carbocycles. The Labute approximate surface area is 173 Å². The van der Waals surface area contributed by atoms with Crippen LogP contribution < -0.4 is 9.47 Å². The third kappa shape index (κ3) is 5.20. The first kappa shape index (κ1) is 21.0. The fraction of sp³-hybridized carbons (Fsp3) is 0.450. The lowest BCUT2D eigenvalue weighted by molar-refractivity contribution is -0.149. The van der Waals surface area contributed by atoms with Crippen LogP contribution in [0.25, 0.3) is 0 Å². The van der Waals surface area contributed by atoms with Gasteiger partial charge in [-0.3, -0.25) is 9.59 Å². The van der Waals surface area contributed by atoms with E-state index in [1.54, 1.807) is 37.1 Å². The highest BCUT2D eigenvalue weighted by Crippen LogP contribution is 2.29. The van der Waals surface area contributed by atoms with E-state index in [1.807, 2.05) is 0 Å². The molecule has 0 radical (unpaired) electrons. The fourth-order valence-corrected chi connectivity index (χ4v) is 3.36. The Morgan fingerprint density at radius 2 is 2.17 bits per heavy atom. The molecule has 0 unspecified atom stereocenters. The molecular formula is C20H23ClN2O6. The van der Waals surface area contributed by atoms with Crippen LogP contribution >= 0.6 is 11.6 Å². The number of aromatic nitrogens is 1. The van der Waals surface area contributed by atoms with Gasteiger partial charge in [-0.2, -0.15) is 0 Å². The van der Waals surface area contributed by atoms with Gasteiger partial charge in [0, 0.05) is 25.2 Å². The van der Waals surface area contributed by atoms with Crippen LogP contribution in [-0.4, -0.2) is 48.7 Å². The van der Waals surface area contributed by atoms with Gasteiger partial charge in [-0.1, -0.05) is 16.8 Å². The van der Waals surface area contributed by atoms with Gasteiger partial charge in [0.2, 0.25) is 0 Å². The molecule has 1 aromatic heterocycles. The number of amides is 1. The highest BCUT2D eigenvalue weighted by atomic mass is 35.5. The number of hydrogen-bond donors (Lipinski definition) is 0. The van der Waals surface area contributed by atoms with Gasteiger partial charge in [-0.25, -0.2) is 0 Å². The number of nitrogens with zero attached hydrogens (tertiary/aromatic N) is 2. The van der Waals surface area contributed by atoms with E-state index < -0.39 is 0 Å². The van der Waals surface area contributed by atoms with E-state index >= 15 is 0 Å². The summed E-state index contributed by atoms with van der Waals surface area (Å²) in [5, 5.41) is 4.25. The van der Waals surface area contributed by atoms with Crippen molar-refractivity contribution in [2.45, 2.75) is 26.4 Å². The number of methoxy groups -OCH3 is 1. The van der Waals surface area contributed by atoms with E-state index in [2.05, 4.69) is 5.16 Å². The molecule has 8 nitrogen and oxygen atoms in total. The summed E-state index contributed by atoms with van der Waals surface area (Å²) in [6.07, 6.45) is 1.45. The molecule has 1 amide bonds.